The van der Waals surface area contributed by atoms with Crippen molar-refractivity contribution in [2.24, 2.45) is 4.99 Å². The van der Waals surface area contributed by atoms with Crippen LogP contribution in [-0.2, 0) is 0 Å². The summed E-state index contributed by atoms with van der Waals surface area (Å²) in [5, 5.41) is 6.14. The van der Waals surface area contributed by atoms with Gasteiger partial charge in [0.05, 0.1) is 17.1 Å². The van der Waals surface area contributed by atoms with Crippen LogP contribution >= 0.6 is 15.9 Å². The van der Waals surface area contributed by atoms with Crippen LogP contribution in [0.2, 0.25) is 0 Å². The van der Waals surface area contributed by atoms with E-state index in [0.29, 0.717) is 29.1 Å². The summed E-state index contributed by atoms with van der Waals surface area (Å²) in [6, 6.07) is 9.08. The van der Waals surface area contributed by atoms with Gasteiger partial charge in [0.25, 0.3) is 0 Å². The summed E-state index contributed by atoms with van der Waals surface area (Å²) in [4.78, 5) is 20.7. The highest BCUT2D eigenvalue weighted by Crippen LogP contribution is 2.26. The molecule has 0 spiro atoms. The van der Waals surface area contributed by atoms with Gasteiger partial charge in [-0.25, -0.2) is 14.8 Å². The number of halogens is 1. The molecule has 2 amide bonds. The van der Waals surface area contributed by atoms with Crippen molar-refractivity contribution < 1.29 is 4.79 Å². The molecule has 1 aromatic carbocycles. The zero-order chi connectivity index (χ0) is 18.2. The second kappa shape index (κ2) is 9.17. The quantitative estimate of drug-likeness (QED) is 0.386. The van der Waals surface area contributed by atoms with E-state index in [4.69, 9.17) is 5.73 Å². The Morgan fingerprint density at radius 3 is 2.76 bits per heavy atom. The van der Waals surface area contributed by atoms with E-state index < -0.39 is 0 Å². The molecule has 2 aromatic rings. The molecule has 0 atom stereocenters. The number of nitrogens with one attached hydrogen (secondary N) is 2. The normalized spacial score (nSPS) is 11.2. The highest BCUT2D eigenvalue weighted by Gasteiger charge is 2.12. The molecule has 2 rings (SSSR count). The molecule has 1 heterocycles. The number of aryl methyl sites for hydroxylation is 1. The van der Waals surface area contributed by atoms with Crippen molar-refractivity contribution in [2.45, 2.75) is 20.3 Å². The van der Waals surface area contributed by atoms with Gasteiger partial charge in [-0.2, -0.15) is 0 Å². The van der Waals surface area contributed by atoms with Crippen molar-refractivity contribution in [1.82, 2.24) is 10.3 Å². The SMILES string of the molecule is CCCNC(=O)Nc1c(C)cc(/C(CBr)=N/c2ccccn2)cc1N. The second-order valence-electron chi connectivity index (χ2n) is 5.52. The van der Waals surface area contributed by atoms with Crippen LogP contribution in [-0.4, -0.2) is 28.6 Å². The number of aliphatic imine (C=N–C) groups is 1. The van der Waals surface area contributed by atoms with Crippen molar-refractivity contribution in [1.29, 1.82) is 0 Å². The van der Waals surface area contributed by atoms with E-state index in [2.05, 4.69) is 36.5 Å². The highest BCUT2D eigenvalue weighted by atomic mass is 79.9. The fourth-order valence-electron chi connectivity index (χ4n) is 2.28. The highest BCUT2D eigenvalue weighted by molar-refractivity contribution is 9.09. The van der Waals surface area contributed by atoms with Gasteiger partial charge in [-0.3, -0.25) is 0 Å². The smallest absolute Gasteiger partial charge is 0.319 e. The standard InChI is InChI=1S/C18H22BrN5O/c1-3-7-22-18(25)24-17-12(2)9-13(10-14(17)20)15(11-19)23-16-6-4-5-8-21-16/h4-6,8-10H,3,7,11,20H2,1-2H3,(H2,22,24,25)/b23-15+. The number of hydrogen-bond donors (Lipinski definition) is 3. The minimum Gasteiger partial charge on any atom is -0.397 e. The number of aromatic nitrogens is 1. The number of hydrogen-bond acceptors (Lipinski definition) is 4. The van der Waals surface area contributed by atoms with Crippen LogP contribution in [0.1, 0.15) is 24.5 Å². The Morgan fingerprint density at radius 1 is 1.36 bits per heavy atom. The molecule has 0 saturated heterocycles. The van der Waals surface area contributed by atoms with Gasteiger partial charge in [0.15, 0.2) is 5.82 Å². The zero-order valence-electron chi connectivity index (χ0n) is 14.3. The van der Waals surface area contributed by atoms with E-state index in [1.54, 1.807) is 6.20 Å². The molecule has 1 aromatic heterocycles. The molecular formula is C18H22BrN5O. The summed E-state index contributed by atoms with van der Waals surface area (Å²) in [6.07, 6.45) is 2.58. The van der Waals surface area contributed by atoms with Crippen LogP contribution < -0.4 is 16.4 Å². The molecule has 0 saturated carbocycles. The van der Waals surface area contributed by atoms with E-state index >= 15 is 0 Å². The van der Waals surface area contributed by atoms with Gasteiger partial charge >= 0.3 is 6.03 Å². The third kappa shape index (κ3) is 5.29. The monoisotopic (exact) mass is 403 g/mol. The predicted octanol–water partition coefficient (Wildman–Crippen LogP) is 4.02. The molecule has 0 aliphatic heterocycles. The number of carbonyl (C=O) groups excluding carboxylic acids is 1. The average molecular weight is 404 g/mol. The Labute approximate surface area is 156 Å². The van der Waals surface area contributed by atoms with Gasteiger partial charge in [-0.1, -0.05) is 28.9 Å². The fourth-order valence-corrected chi connectivity index (χ4v) is 2.73. The van der Waals surface area contributed by atoms with Crippen molar-refractivity contribution in [3.8, 4) is 0 Å². The summed E-state index contributed by atoms with van der Waals surface area (Å²) >= 11 is 3.47. The first kappa shape index (κ1) is 18.9. The van der Waals surface area contributed by atoms with Gasteiger partial charge in [-0.15, -0.1) is 0 Å². The molecule has 0 bridgehead atoms. The van der Waals surface area contributed by atoms with E-state index in [-0.39, 0.29) is 6.03 Å². The van der Waals surface area contributed by atoms with Crippen LogP contribution in [0, 0.1) is 6.92 Å². The topological polar surface area (TPSA) is 92.4 Å². The first-order valence-electron chi connectivity index (χ1n) is 8.05. The van der Waals surface area contributed by atoms with Crippen LogP contribution in [0.15, 0.2) is 41.5 Å². The Balaban J connectivity index is 2.28. The number of amides is 2. The molecule has 0 fully saturated rings. The number of pyridine rings is 1. The zero-order valence-corrected chi connectivity index (χ0v) is 15.9. The third-order valence-corrected chi connectivity index (χ3v) is 4.03. The lowest BCUT2D eigenvalue weighted by Crippen LogP contribution is -2.29. The van der Waals surface area contributed by atoms with Gasteiger partial charge in [-0.05, 0) is 48.7 Å². The number of carbonyl (C=O) groups is 1. The van der Waals surface area contributed by atoms with Gasteiger partial charge in [0.2, 0.25) is 0 Å². The molecule has 0 radical (unpaired) electrons. The van der Waals surface area contributed by atoms with Crippen LogP contribution in [0.5, 0.6) is 0 Å². The van der Waals surface area contributed by atoms with Crippen LogP contribution in [0.3, 0.4) is 0 Å². The molecule has 0 unspecified atom stereocenters. The minimum atomic E-state index is -0.257. The number of alkyl halides is 1. The Morgan fingerprint density at radius 2 is 2.16 bits per heavy atom. The molecule has 25 heavy (non-hydrogen) atoms. The summed E-state index contributed by atoms with van der Waals surface area (Å²) in [7, 11) is 0. The van der Waals surface area contributed by atoms with Crippen molar-refractivity contribution >= 4 is 44.9 Å². The van der Waals surface area contributed by atoms with E-state index in [9.17, 15) is 4.79 Å². The number of anilines is 2. The van der Waals surface area contributed by atoms with Crippen molar-refractivity contribution in [2.75, 3.05) is 22.9 Å². The first-order valence-corrected chi connectivity index (χ1v) is 9.17. The molecular weight excluding hydrogens is 382 g/mol. The first-order chi connectivity index (χ1) is 12.0. The number of nitrogen functional groups attached to an aromatic ring is 1. The largest absolute Gasteiger partial charge is 0.397 e. The maximum absolute atomic E-state index is 11.9. The number of nitrogens with zero attached hydrogens (tertiary/aromatic N) is 2. The molecule has 7 heteroatoms. The van der Waals surface area contributed by atoms with Crippen LogP contribution in [0.4, 0.5) is 22.0 Å². The average Bonchev–Trinajstić information content (AvgIpc) is 2.61. The molecule has 0 aliphatic rings. The third-order valence-electron chi connectivity index (χ3n) is 3.50. The van der Waals surface area contributed by atoms with Crippen LogP contribution in [0.25, 0.3) is 0 Å². The number of benzene rings is 1. The fraction of sp³-hybridized carbons (Fsp3) is 0.278. The Hall–Kier alpha value is -2.41. The van der Waals surface area contributed by atoms with Gasteiger partial charge < -0.3 is 16.4 Å². The molecule has 6 nitrogen and oxygen atoms in total. The molecule has 0 aliphatic carbocycles. The van der Waals surface area contributed by atoms with E-state index in [0.717, 1.165) is 23.3 Å². The maximum Gasteiger partial charge on any atom is 0.319 e. The molecule has 132 valence electrons. The van der Waals surface area contributed by atoms with Gasteiger partial charge in [0, 0.05) is 18.1 Å². The summed E-state index contributed by atoms with van der Waals surface area (Å²) in [5.74, 6) is 0.634. The lowest BCUT2D eigenvalue weighted by Gasteiger charge is -2.14. The lowest BCUT2D eigenvalue weighted by molar-refractivity contribution is 0.252. The van der Waals surface area contributed by atoms with E-state index in [1.807, 2.05) is 44.2 Å². The minimum absolute atomic E-state index is 0.257. The Kier molecular flexibility index (Phi) is 6.94. The van der Waals surface area contributed by atoms with Gasteiger partial charge in [0.1, 0.15) is 0 Å². The molecule has 4 N–H and O–H groups in total. The number of nitrogens with two attached hydrogens (primary N) is 1. The summed E-state index contributed by atoms with van der Waals surface area (Å²) in [5.41, 5.74) is 9.84. The number of urea groups is 1. The van der Waals surface area contributed by atoms with E-state index in [1.165, 1.54) is 0 Å². The summed E-state index contributed by atoms with van der Waals surface area (Å²) in [6.45, 7) is 4.52. The van der Waals surface area contributed by atoms with Crippen molar-refractivity contribution in [3.05, 3.63) is 47.7 Å². The second-order valence-corrected chi connectivity index (χ2v) is 6.08. The van der Waals surface area contributed by atoms with Crippen molar-refractivity contribution in [3.63, 3.8) is 0 Å². The summed E-state index contributed by atoms with van der Waals surface area (Å²) < 4.78 is 0. The number of rotatable bonds is 6. The predicted molar refractivity (Wildman–Crippen MR) is 107 cm³/mol. The Bertz CT molecular complexity index is 738. The lowest BCUT2D eigenvalue weighted by atomic mass is 10.0. The maximum atomic E-state index is 11.9.